The molecule has 108 valence electrons. The van der Waals surface area contributed by atoms with Crippen LogP contribution in [0.3, 0.4) is 0 Å². The number of fused-ring (bicyclic) bond motifs is 1. The third kappa shape index (κ3) is 2.90. The number of hydrogen-bond acceptors (Lipinski definition) is 4. The van der Waals surface area contributed by atoms with Gasteiger partial charge in [0.1, 0.15) is 4.60 Å². The Morgan fingerprint density at radius 1 is 1.38 bits per heavy atom. The first-order valence-corrected chi connectivity index (χ1v) is 7.61. The van der Waals surface area contributed by atoms with Crippen molar-refractivity contribution in [3.8, 4) is 0 Å². The molecule has 0 fully saturated rings. The number of nitrogens with zero attached hydrogens (tertiary/aromatic N) is 2. The largest absolute Gasteiger partial charge is 0.382 e. The van der Waals surface area contributed by atoms with E-state index in [0.717, 1.165) is 19.3 Å². The Balaban J connectivity index is 1.84. The Morgan fingerprint density at radius 2 is 2.19 bits per heavy atom. The predicted molar refractivity (Wildman–Crippen MR) is 83.7 cm³/mol. The molecule has 5 nitrogen and oxygen atoms in total. The van der Waals surface area contributed by atoms with Crippen LogP contribution in [-0.2, 0) is 6.42 Å². The quantitative estimate of drug-likeness (QED) is 0.875. The average molecular weight is 347 g/mol. The number of carbonyl (C=O) groups is 1. The van der Waals surface area contributed by atoms with Gasteiger partial charge in [-0.1, -0.05) is 24.3 Å². The Hall–Kier alpha value is -1.95. The zero-order chi connectivity index (χ0) is 14.8. The topological polar surface area (TPSA) is 80.9 Å². The highest BCUT2D eigenvalue weighted by Crippen LogP contribution is 2.29. The molecule has 0 bridgehead atoms. The van der Waals surface area contributed by atoms with E-state index in [2.05, 4.69) is 43.3 Å². The van der Waals surface area contributed by atoms with Crippen molar-refractivity contribution in [1.29, 1.82) is 0 Å². The van der Waals surface area contributed by atoms with Crippen LogP contribution in [0.5, 0.6) is 0 Å². The Labute approximate surface area is 131 Å². The minimum absolute atomic E-state index is 0.00244. The number of nitrogens with two attached hydrogens (primary N) is 1. The number of aromatic nitrogens is 2. The number of rotatable bonds is 2. The van der Waals surface area contributed by atoms with Crippen LogP contribution in [0.15, 0.2) is 35.1 Å². The number of nitrogens with one attached hydrogen (secondary N) is 1. The Bertz CT molecular complexity index is 689. The van der Waals surface area contributed by atoms with E-state index in [-0.39, 0.29) is 23.5 Å². The minimum atomic E-state index is -0.289. The summed E-state index contributed by atoms with van der Waals surface area (Å²) in [5.74, 6) is -0.150. The van der Waals surface area contributed by atoms with E-state index in [4.69, 9.17) is 5.73 Å². The highest BCUT2D eigenvalue weighted by Gasteiger charge is 2.23. The Morgan fingerprint density at radius 3 is 3.05 bits per heavy atom. The van der Waals surface area contributed by atoms with Crippen LogP contribution in [0.25, 0.3) is 0 Å². The van der Waals surface area contributed by atoms with Gasteiger partial charge in [-0.15, -0.1) is 0 Å². The molecule has 0 spiro atoms. The van der Waals surface area contributed by atoms with Crippen LogP contribution in [0.4, 0.5) is 5.82 Å². The van der Waals surface area contributed by atoms with Crippen LogP contribution < -0.4 is 11.1 Å². The summed E-state index contributed by atoms with van der Waals surface area (Å²) < 4.78 is 0.492. The highest BCUT2D eigenvalue weighted by molar-refractivity contribution is 9.10. The number of nitrogen functional groups attached to an aromatic ring is 1. The summed E-state index contributed by atoms with van der Waals surface area (Å²) in [6, 6.07) is 8.20. The predicted octanol–water partition coefficient (Wildman–Crippen LogP) is 2.63. The van der Waals surface area contributed by atoms with Crippen LogP contribution in [-0.4, -0.2) is 15.9 Å². The summed E-state index contributed by atoms with van der Waals surface area (Å²) in [4.78, 5) is 20.4. The summed E-state index contributed by atoms with van der Waals surface area (Å²) in [7, 11) is 0. The number of amides is 1. The summed E-state index contributed by atoms with van der Waals surface area (Å²) in [5.41, 5.74) is 8.37. The van der Waals surface area contributed by atoms with Gasteiger partial charge in [0.05, 0.1) is 12.2 Å². The van der Waals surface area contributed by atoms with Crippen LogP contribution >= 0.6 is 15.9 Å². The molecule has 0 saturated heterocycles. The molecule has 0 saturated carbocycles. The van der Waals surface area contributed by atoms with Gasteiger partial charge in [0.15, 0.2) is 11.5 Å². The molecule has 3 rings (SSSR count). The maximum absolute atomic E-state index is 12.4. The molecule has 0 aliphatic heterocycles. The normalized spacial score (nSPS) is 17.1. The monoisotopic (exact) mass is 346 g/mol. The van der Waals surface area contributed by atoms with Crippen LogP contribution in [0, 0.1) is 0 Å². The van der Waals surface area contributed by atoms with E-state index >= 15 is 0 Å². The molecule has 0 radical (unpaired) electrons. The van der Waals surface area contributed by atoms with E-state index < -0.39 is 0 Å². The van der Waals surface area contributed by atoms with Gasteiger partial charge in [-0.25, -0.2) is 9.97 Å². The van der Waals surface area contributed by atoms with E-state index in [9.17, 15) is 4.79 Å². The first-order chi connectivity index (χ1) is 10.1. The smallest absolute Gasteiger partial charge is 0.274 e. The standard InChI is InChI=1S/C15H15BrN4O/c16-12-8-18-14(17)13(20-12)15(21)19-11-7-3-5-9-4-1-2-6-10(9)11/h1-2,4,6,8,11H,3,5,7H2,(H2,17,18)(H,19,21). The average Bonchev–Trinajstić information content (AvgIpc) is 2.50. The van der Waals surface area contributed by atoms with Crippen LogP contribution in [0.2, 0.25) is 0 Å². The second-order valence-corrected chi connectivity index (χ2v) is 5.86. The maximum atomic E-state index is 12.4. The van der Waals surface area contributed by atoms with E-state index in [1.165, 1.54) is 17.3 Å². The number of hydrogen-bond donors (Lipinski definition) is 2. The zero-order valence-electron chi connectivity index (χ0n) is 11.3. The van der Waals surface area contributed by atoms with Gasteiger partial charge in [-0.05, 0) is 46.3 Å². The van der Waals surface area contributed by atoms with Crippen molar-refractivity contribution in [3.05, 3.63) is 51.9 Å². The number of halogens is 1. The second-order valence-electron chi connectivity index (χ2n) is 5.04. The zero-order valence-corrected chi connectivity index (χ0v) is 12.9. The molecule has 1 aliphatic carbocycles. The fourth-order valence-corrected chi connectivity index (χ4v) is 2.95. The lowest BCUT2D eigenvalue weighted by Gasteiger charge is -2.26. The van der Waals surface area contributed by atoms with Gasteiger partial charge in [0.25, 0.3) is 5.91 Å². The lowest BCUT2D eigenvalue weighted by atomic mass is 9.87. The van der Waals surface area contributed by atoms with Crippen molar-refractivity contribution in [1.82, 2.24) is 15.3 Å². The highest BCUT2D eigenvalue weighted by atomic mass is 79.9. The SMILES string of the molecule is Nc1ncc(Br)nc1C(=O)NC1CCCc2ccccc21. The minimum Gasteiger partial charge on any atom is -0.382 e. The van der Waals surface area contributed by atoms with Crippen molar-refractivity contribution >= 4 is 27.7 Å². The summed E-state index contributed by atoms with van der Waals surface area (Å²) in [6.07, 6.45) is 4.51. The molecule has 1 atom stereocenters. The molecule has 1 aromatic heterocycles. The van der Waals surface area contributed by atoms with Gasteiger partial charge < -0.3 is 11.1 Å². The van der Waals surface area contributed by atoms with Gasteiger partial charge in [0, 0.05) is 0 Å². The van der Waals surface area contributed by atoms with Crippen LogP contribution in [0.1, 0.15) is 40.5 Å². The first kappa shape index (κ1) is 14.0. The molecule has 2 aromatic rings. The fourth-order valence-electron chi connectivity index (χ4n) is 2.67. The van der Waals surface area contributed by atoms with Crippen molar-refractivity contribution in [2.45, 2.75) is 25.3 Å². The molecule has 1 amide bonds. The molecule has 1 heterocycles. The molecule has 1 aromatic carbocycles. The van der Waals surface area contributed by atoms with Gasteiger partial charge in [-0.3, -0.25) is 4.79 Å². The van der Waals surface area contributed by atoms with Crippen molar-refractivity contribution in [2.24, 2.45) is 0 Å². The maximum Gasteiger partial charge on any atom is 0.274 e. The third-order valence-electron chi connectivity index (χ3n) is 3.66. The number of benzene rings is 1. The first-order valence-electron chi connectivity index (χ1n) is 6.82. The van der Waals surface area contributed by atoms with Crippen molar-refractivity contribution in [3.63, 3.8) is 0 Å². The molecule has 6 heteroatoms. The van der Waals surface area contributed by atoms with E-state index in [1.54, 1.807) is 0 Å². The Kier molecular flexibility index (Phi) is 3.88. The molecule has 1 unspecified atom stereocenters. The summed E-state index contributed by atoms with van der Waals surface area (Å²) in [6.45, 7) is 0. The third-order valence-corrected chi connectivity index (χ3v) is 4.04. The van der Waals surface area contributed by atoms with Gasteiger partial charge in [-0.2, -0.15) is 0 Å². The molecule has 1 aliphatic rings. The lowest BCUT2D eigenvalue weighted by molar-refractivity contribution is 0.0928. The lowest BCUT2D eigenvalue weighted by Crippen LogP contribution is -2.32. The van der Waals surface area contributed by atoms with E-state index in [0.29, 0.717) is 4.60 Å². The number of aryl methyl sites for hydroxylation is 1. The molecule has 21 heavy (non-hydrogen) atoms. The van der Waals surface area contributed by atoms with Crippen molar-refractivity contribution < 1.29 is 4.79 Å². The molecule has 3 N–H and O–H groups in total. The second kappa shape index (κ2) is 5.81. The number of anilines is 1. The number of carbonyl (C=O) groups excluding carboxylic acids is 1. The summed E-state index contributed by atoms with van der Waals surface area (Å²) in [5, 5.41) is 3.02. The van der Waals surface area contributed by atoms with Gasteiger partial charge >= 0.3 is 0 Å². The van der Waals surface area contributed by atoms with E-state index in [1.807, 2.05) is 12.1 Å². The molecular formula is C15H15BrN4O. The van der Waals surface area contributed by atoms with Gasteiger partial charge in [0.2, 0.25) is 0 Å². The van der Waals surface area contributed by atoms with Crippen molar-refractivity contribution in [2.75, 3.05) is 5.73 Å². The molecular weight excluding hydrogens is 332 g/mol. The summed E-state index contributed by atoms with van der Waals surface area (Å²) >= 11 is 3.21. The fraction of sp³-hybridized carbons (Fsp3) is 0.267.